The number of urea groups is 1. The van der Waals surface area contributed by atoms with E-state index in [1.165, 1.54) is 0 Å². The molecule has 3 fully saturated rings. The third-order valence-electron chi connectivity index (χ3n) is 3.34. The molecule has 3 atom stereocenters. The van der Waals surface area contributed by atoms with Gasteiger partial charge in [-0.15, -0.1) is 0 Å². The first kappa shape index (κ1) is 12.8. The van der Waals surface area contributed by atoms with Gasteiger partial charge in [0, 0.05) is 12.8 Å². The molecule has 106 valence electrons. The molecule has 0 aromatic carbocycles. The highest BCUT2D eigenvalue weighted by molar-refractivity contribution is 6.07. The van der Waals surface area contributed by atoms with E-state index in [2.05, 4.69) is 10.6 Å². The van der Waals surface area contributed by atoms with Gasteiger partial charge < -0.3 is 14.8 Å². The Kier molecular flexibility index (Phi) is 3.40. The quantitative estimate of drug-likeness (QED) is 0.195. The van der Waals surface area contributed by atoms with Crippen molar-refractivity contribution >= 4 is 11.9 Å². The molecular formula is C11H16N2O6. The number of ether oxygens (including phenoxy) is 2. The lowest BCUT2D eigenvalue weighted by Crippen LogP contribution is -2.48. The maximum absolute atomic E-state index is 11.9. The molecule has 8 heteroatoms. The monoisotopic (exact) mass is 272 g/mol. The summed E-state index contributed by atoms with van der Waals surface area (Å²) in [6.07, 6.45) is 0.962. The lowest BCUT2D eigenvalue weighted by Gasteiger charge is -2.24. The van der Waals surface area contributed by atoms with Gasteiger partial charge in [-0.05, 0) is 0 Å². The molecule has 3 aliphatic rings. The zero-order valence-corrected chi connectivity index (χ0v) is 10.3. The van der Waals surface area contributed by atoms with E-state index in [9.17, 15) is 9.59 Å². The Bertz CT molecular complexity index is 381. The van der Waals surface area contributed by atoms with Gasteiger partial charge in [-0.3, -0.25) is 10.1 Å². The van der Waals surface area contributed by atoms with Gasteiger partial charge in [0.2, 0.25) is 0 Å². The molecule has 0 bridgehead atoms. The zero-order chi connectivity index (χ0) is 13.3. The predicted octanol–water partition coefficient (Wildman–Crippen LogP) is -0.909. The van der Waals surface area contributed by atoms with Crippen molar-refractivity contribution in [3.63, 3.8) is 0 Å². The van der Waals surface area contributed by atoms with Crippen molar-refractivity contribution in [2.24, 2.45) is 0 Å². The van der Waals surface area contributed by atoms with E-state index >= 15 is 0 Å². The summed E-state index contributed by atoms with van der Waals surface area (Å²) >= 11 is 0. The summed E-state index contributed by atoms with van der Waals surface area (Å²) in [6.45, 7) is 1.93. The Morgan fingerprint density at radius 3 is 2.53 bits per heavy atom. The smallest absolute Gasteiger partial charge is 0.322 e. The van der Waals surface area contributed by atoms with Crippen LogP contribution in [0.1, 0.15) is 12.8 Å². The first-order valence-electron chi connectivity index (χ1n) is 6.29. The average Bonchev–Trinajstić information content (AvgIpc) is 3.22. The number of imide groups is 1. The third-order valence-corrected chi connectivity index (χ3v) is 3.34. The van der Waals surface area contributed by atoms with Gasteiger partial charge in [0.05, 0.1) is 25.9 Å². The van der Waals surface area contributed by atoms with Crippen LogP contribution >= 0.6 is 0 Å². The molecule has 0 saturated carbocycles. The van der Waals surface area contributed by atoms with Crippen molar-refractivity contribution < 1.29 is 28.8 Å². The van der Waals surface area contributed by atoms with Crippen molar-refractivity contribution in [3.05, 3.63) is 0 Å². The van der Waals surface area contributed by atoms with Crippen molar-refractivity contribution in [1.29, 1.82) is 0 Å². The molecule has 0 aromatic rings. The molecule has 0 spiro atoms. The minimum absolute atomic E-state index is 0.0323. The highest BCUT2D eigenvalue weighted by Crippen LogP contribution is 2.28. The van der Waals surface area contributed by atoms with Gasteiger partial charge >= 0.3 is 6.03 Å². The van der Waals surface area contributed by atoms with Crippen LogP contribution in [0.5, 0.6) is 0 Å². The topological polar surface area (TPSA) is 102 Å². The van der Waals surface area contributed by atoms with Crippen LogP contribution in [0.2, 0.25) is 0 Å². The van der Waals surface area contributed by atoms with Crippen molar-refractivity contribution in [2.45, 2.75) is 30.6 Å². The van der Waals surface area contributed by atoms with Gasteiger partial charge in [0.25, 0.3) is 5.91 Å². The van der Waals surface area contributed by atoms with Crippen molar-refractivity contribution in [1.82, 2.24) is 10.6 Å². The second-order valence-corrected chi connectivity index (χ2v) is 4.96. The summed E-state index contributed by atoms with van der Waals surface area (Å²) in [5.41, 5.74) is -0.947. The average molecular weight is 272 g/mol. The van der Waals surface area contributed by atoms with Crippen LogP contribution in [0, 0.1) is 0 Å². The molecule has 19 heavy (non-hydrogen) atoms. The van der Waals surface area contributed by atoms with Gasteiger partial charge in [0.1, 0.15) is 18.2 Å². The summed E-state index contributed by atoms with van der Waals surface area (Å²) in [4.78, 5) is 33.1. The maximum Gasteiger partial charge on any atom is 0.322 e. The number of carbonyl (C=O) groups is 2. The van der Waals surface area contributed by atoms with Gasteiger partial charge in [-0.1, -0.05) is 0 Å². The molecule has 2 N–H and O–H groups in total. The van der Waals surface area contributed by atoms with E-state index in [0.29, 0.717) is 32.7 Å². The summed E-state index contributed by atoms with van der Waals surface area (Å²) in [7, 11) is 0. The van der Waals surface area contributed by atoms with E-state index in [-0.39, 0.29) is 24.7 Å². The minimum atomic E-state index is -0.947. The molecule has 0 aliphatic carbocycles. The van der Waals surface area contributed by atoms with Crippen LogP contribution in [-0.4, -0.2) is 56.1 Å². The second kappa shape index (κ2) is 5.04. The number of amides is 3. The standard InChI is InChI=1S/C11H16N2O6/c14-9-11(3-7-4-16-7,13-10(15)12-9)1-2-18-19-6-8-5-17-8/h7-8H,1-6H2,(H2,12,13,14,15). The molecule has 3 rings (SSSR count). The van der Waals surface area contributed by atoms with Gasteiger partial charge in [0.15, 0.2) is 0 Å². The molecule has 0 radical (unpaired) electrons. The van der Waals surface area contributed by atoms with E-state index in [1.807, 2.05) is 0 Å². The lowest BCUT2D eigenvalue weighted by molar-refractivity contribution is -0.297. The minimum Gasteiger partial charge on any atom is -0.373 e. The highest BCUT2D eigenvalue weighted by atomic mass is 17.2. The molecule has 3 amide bonds. The number of rotatable bonds is 8. The summed E-state index contributed by atoms with van der Waals surface area (Å²) in [5.74, 6) is -0.331. The molecule has 3 unspecified atom stereocenters. The fourth-order valence-corrected chi connectivity index (χ4v) is 2.09. The Labute approximate surface area is 109 Å². The van der Waals surface area contributed by atoms with Gasteiger partial charge in [-0.2, -0.15) is 0 Å². The van der Waals surface area contributed by atoms with E-state index < -0.39 is 11.6 Å². The highest BCUT2D eigenvalue weighted by Gasteiger charge is 2.49. The molecular weight excluding hydrogens is 256 g/mol. The van der Waals surface area contributed by atoms with Crippen molar-refractivity contribution in [3.8, 4) is 0 Å². The summed E-state index contributed by atoms with van der Waals surface area (Å²) in [5, 5.41) is 4.91. The summed E-state index contributed by atoms with van der Waals surface area (Å²) in [6, 6.07) is -0.474. The molecule has 3 heterocycles. The van der Waals surface area contributed by atoms with Crippen molar-refractivity contribution in [2.75, 3.05) is 26.4 Å². The lowest BCUT2D eigenvalue weighted by atomic mass is 9.90. The first-order valence-corrected chi connectivity index (χ1v) is 6.29. The Hall–Kier alpha value is -1.22. The SMILES string of the molecule is O=C1NC(=O)C(CCOOCC2CO2)(CC2CO2)N1. The van der Waals surface area contributed by atoms with Crippen LogP contribution in [0.3, 0.4) is 0 Å². The van der Waals surface area contributed by atoms with Crippen LogP contribution in [0.25, 0.3) is 0 Å². The van der Waals surface area contributed by atoms with E-state index in [4.69, 9.17) is 19.2 Å². The number of hydrogen-bond donors (Lipinski definition) is 2. The maximum atomic E-state index is 11.9. The van der Waals surface area contributed by atoms with Gasteiger partial charge in [-0.25, -0.2) is 14.6 Å². The molecule has 3 saturated heterocycles. The van der Waals surface area contributed by atoms with E-state index in [1.54, 1.807) is 0 Å². The third kappa shape index (κ3) is 3.21. The Balaban J connectivity index is 1.47. The van der Waals surface area contributed by atoms with Crippen LogP contribution in [0.15, 0.2) is 0 Å². The largest absolute Gasteiger partial charge is 0.373 e. The second-order valence-electron chi connectivity index (χ2n) is 4.96. The summed E-state index contributed by atoms with van der Waals surface area (Å²) < 4.78 is 10.1. The van der Waals surface area contributed by atoms with Crippen LogP contribution in [-0.2, 0) is 24.0 Å². The number of hydrogen-bond acceptors (Lipinski definition) is 6. The normalized spacial score (nSPS) is 36.0. The zero-order valence-electron chi connectivity index (χ0n) is 10.3. The fourth-order valence-electron chi connectivity index (χ4n) is 2.09. The molecule has 3 aliphatic heterocycles. The Morgan fingerprint density at radius 2 is 1.95 bits per heavy atom. The Morgan fingerprint density at radius 1 is 1.21 bits per heavy atom. The number of epoxide rings is 2. The molecule has 0 aromatic heterocycles. The predicted molar refractivity (Wildman–Crippen MR) is 60.0 cm³/mol. The van der Waals surface area contributed by atoms with E-state index in [0.717, 1.165) is 0 Å². The number of carbonyl (C=O) groups excluding carboxylic acids is 2. The molecule has 8 nitrogen and oxygen atoms in total. The number of nitrogens with one attached hydrogen (secondary N) is 2. The van der Waals surface area contributed by atoms with Crippen LogP contribution < -0.4 is 10.6 Å². The fraction of sp³-hybridized carbons (Fsp3) is 0.818. The van der Waals surface area contributed by atoms with Crippen LogP contribution in [0.4, 0.5) is 4.79 Å². The first-order chi connectivity index (χ1) is 9.18.